The Labute approximate surface area is 262 Å². The molecule has 0 aliphatic heterocycles. The van der Waals surface area contributed by atoms with Crippen LogP contribution in [0.4, 0.5) is 5.69 Å². The minimum absolute atomic E-state index is 0.0554. The van der Waals surface area contributed by atoms with Gasteiger partial charge in [0.2, 0.25) is 11.6 Å². The van der Waals surface area contributed by atoms with Crippen LogP contribution in [-0.4, -0.2) is 39.0 Å². The van der Waals surface area contributed by atoms with E-state index in [2.05, 4.69) is 26.0 Å². The number of furan rings is 1. The zero-order chi connectivity index (χ0) is 31.7. The highest BCUT2D eigenvalue weighted by atomic mass is 79.9. The van der Waals surface area contributed by atoms with Crippen molar-refractivity contribution in [2.45, 2.75) is 6.61 Å². The molecule has 6 rings (SSSR count). The summed E-state index contributed by atoms with van der Waals surface area (Å²) in [5.74, 6) is -0.707. The zero-order valence-corrected chi connectivity index (χ0v) is 24.9. The van der Waals surface area contributed by atoms with E-state index in [-0.39, 0.29) is 35.1 Å². The van der Waals surface area contributed by atoms with Gasteiger partial charge in [-0.05, 0) is 60.2 Å². The zero-order valence-electron chi connectivity index (χ0n) is 23.3. The maximum absolute atomic E-state index is 13.6. The molecule has 0 unspecified atom stereocenters. The topological polar surface area (TPSA) is 159 Å². The maximum Gasteiger partial charge on any atom is 0.335 e. The number of carboxylic acid groups (broad SMARTS) is 1. The number of carbonyl (C=O) groups is 1. The summed E-state index contributed by atoms with van der Waals surface area (Å²) in [6, 6.07) is 22.7. The quantitative estimate of drug-likeness (QED) is 0.101. The summed E-state index contributed by atoms with van der Waals surface area (Å²) in [5.41, 5.74) is 1.10. The molecule has 0 aliphatic carbocycles. The largest absolute Gasteiger partial charge is 0.493 e. The number of nitrogens with zero attached hydrogens (tertiary/aromatic N) is 4. The Bertz CT molecular complexity index is 2210. The first kappa shape index (κ1) is 29.3. The Balaban J connectivity index is 1.40. The molecule has 0 atom stereocenters. The average Bonchev–Trinajstić information content (AvgIpc) is 3.46. The van der Waals surface area contributed by atoms with Gasteiger partial charge in [-0.2, -0.15) is 9.78 Å². The lowest BCUT2D eigenvalue weighted by molar-refractivity contribution is -0.386. The average molecular weight is 669 g/mol. The summed E-state index contributed by atoms with van der Waals surface area (Å²) in [6.07, 6.45) is 1.28. The summed E-state index contributed by atoms with van der Waals surface area (Å²) in [6.45, 7) is -0.0832. The number of methoxy groups -OCH3 is 1. The van der Waals surface area contributed by atoms with E-state index in [0.29, 0.717) is 27.8 Å². The predicted octanol–water partition coefficient (Wildman–Crippen LogP) is 6.65. The van der Waals surface area contributed by atoms with Crippen LogP contribution in [0.25, 0.3) is 33.5 Å². The molecule has 0 fully saturated rings. The molecule has 1 N–H and O–H groups in total. The normalized spacial score (nSPS) is 11.3. The lowest BCUT2D eigenvalue weighted by atomic mass is 10.1. The van der Waals surface area contributed by atoms with E-state index in [0.717, 1.165) is 14.5 Å². The number of para-hydroxylation sites is 1. The summed E-state index contributed by atoms with van der Waals surface area (Å²) in [4.78, 5) is 40.9. The van der Waals surface area contributed by atoms with Crippen LogP contribution in [0.1, 0.15) is 21.5 Å². The fraction of sp³-hybridized carbons (Fsp3) is 0.0625. The molecule has 0 radical (unpaired) electrons. The van der Waals surface area contributed by atoms with Gasteiger partial charge in [-0.3, -0.25) is 14.9 Å². The van der Waals surface area contributed by atoms with Crippen molar-refractivity contribution >= 4 is 55.7 Å². The number of rotatable bonds is 9. The minimum Gasteiger partial charge on any atom is -0.493 e. The molecule has 12 nitrogen and oxygen atoms in total. The Morgan fingerprint density at radius 3 is 2.62 bits per heavy atom. The second-order valence-electron chi connectivity index (χ2n) is 9.73. The molecule has 45 heavy (non-hydrogen) atoms. The van der Waals surface area contributed by atoms with Crippen molar-refractivity contribution in [1.29, 1.82) is 0 Å². The molecule has 6 aromatic rings. The molecule has 2 aromatic heterocycles. The first-order valence-electron chi connectivity index (χ1n) is 13.3. The summed E-state index contributed by atoms with van der Waals surface area (Å²) in [7, 11) is 1.34. The molecular formula is C32H21BrN4O8. The van der Waals surface area contributed by atoms with Gasteiger partial charge >= 0.3 is 11.7 Å². The number of aromatic carboxylic acids is 1. The van der Waals surface area contributed by atoms with Crippen LogP contribution in [0.15, 0.2) is 104 Å². The van der Waals surface area contributed by atoms with Crippen molar-refractivity contribution in [1.82, 2.24) is 9.66 Å². The molecule has 4 aromatic carbocycles. The van der Waals surface area contributed by atoms with Gasteiger partial charge in [0.25, 0.3) is 5.56 Å². The summed E-state index contributed by atoms with van der Waals surface area (Å²) >= 11 is 3.45. The highest BCUT2D eigenvalue weighted by Crippen LogP contribution is 2.38. The Hall–Kier alpha value is -5.82. The highest BCUT2D eigenvalue weighted by Gasteiger charge is 2.23. The van der Waals surface area contributed by atoms with E-state index in [1.165, 1.54) is 37.6 Å². The lowest BCUT2D eigenvalue weighted by Gasteiger charge is -2.12. The molecular weight excluding hydrogens is 648 g/mol. The van der Waals surface area contributed by atoms with Crippen molar-refractivity contribution in [3.63, 3.8) is 0 Å². The number of nitro groups is 1. The number of aromatic nitrogens is 2. The number of ether oxygens (including phenoxy) is 2. The van der Waals surface area contributed by atoms with Gasteiger partial charge in [0.1, 0.15) is 12.2 Å². The standard InChI is InChI=1S/C32H21BrN4O8/c1-43-27-13-19(12-25(37(41)42)29(27)44-17-18-6-8-20(9-7-18)32(39)40)16-34-36-30(35-24-5-3-2-4-23(24)31(36)38)28-15-21-14-22(33)10-11-26(21)45-28/h2-16H,17H2,1H3,(H,39,40). The fourth-order valence-electron chi connectivity index (χ4n) is 4.65. The third-order valence-corrected chi connectivity index (χ3v) is 7.33. The number of hydrogen-bond donors (Lipinski definition) is 1. The van der Waals surface area contributed by atoms with E-state index in [9.17, 15) is 19.7 Å². The smallest absolute Gasteiger partial charge is 0.335 e. The van der Waals surface area contributed by atoms with E-state index >= 15 is 0 Å². The number of carboxylic acids is 1. The van der Waals surface area contributed by atoms with Crippen molar-refractivity contribution in [2.75, 3.05) is 7.11 Å². The molecule has 0 saturated carbocycles. The number of halogens is 1. The van der Waals surface area contributed by atoms with Crippen LogP contribution in [-0.2, 0) is 6.61 Å². The SMILES string of the molecule is COc1cc(C=Nn2c(-c3cc4cc(Br)ccc4o3)nc3ccccc3c2=O)cc([N+](=O)[O-])c1OCc1ccc(C(=O)O)cc1. The van der Waals surface area contributed by atoms with Crippen molar-refractivity contribution in [2.24, 2.45) is 5.10 Å². The molecule has 0 saturated heterocycles. The predicted molar refractivity (Wildman–Crippen MR) is 169 cm³/mol. The molecule has 2 heterocycles. The van der Waals surface area contributed by atoms with Crippen molar-refractivity contribution in [3.8, 4) is 23.1 Å². The second kappa shape index (κ2) is 12.1. The van der Waals surface area contributed by atoms with Gasteiger partial charge in [-0.25, -0.2) is 9.78 Å². The summed E-state index contributed by atoms with van der Waals surface area (Å²) in [5, 5.41) is 26.7. The Morgan fingerprint density at radius 2 is 1.89 bits per heavy atom. The van der Waals surface area contributed by atoms with Crippen molar-refractivity contribution < 1.29 is 28.7 Å². The molecule has 0 spiro atoms. The Kier molecular flexibility index (Phi) is 7.84. The van der Waals surface area contributed by atoms with E-state index in [4.69, 9.17) is 19.0 Å². The first-order valence-corrected chi connectivity index (χ1v) is 14.1. The highest BCUT2D eigenvalue weighted by molar-refractivity contribution is 9.10. The van der Waals surface area contributed by atoms with Crippen LogP contribution in [0.2, 0.25) is 0 Å². The monoisotopic (exact) mass is 668 g/mol. The molecule has 0 aliphatic rings. The fourth-order valence-corrected chi connectivity index (χ4v) is 5.03. The van der Waals surface area contributed by atoms with E-state index in [1.807, 2.05) is 12.1 Å². The summed E-state index contributed by atoms with van der Waals surface area (Å²) < 4.78 is 19.1. The lowest BCUT2D eigenvalue weighted by Crippen LogP contribution is -2.20. The number of benzene rings is 4. The Morgan fingerprint density at radius 1 is 1.11 bits per heavy atom. The van der Waals surface area contributed by atoms with Gasteiger partial charge in [-0.1, -0.05) is 40.2 Å². The van der Waals surface area contributed by atoms with Crippen molar-refractivity contribution in [3.05, 3.63) is 127 Å². The third kappa shape index (κ3) is 5.88. The van der Waals surface area contributed by atoms with Gasteiger partial charge in [0.05, 0.1) is 34.7 Å². The van der Waals surface area contributed by atoms with Crippen LogP contribution >= 0.6 is 15.9 Å². The van der Waals surface area contributed by atoms with Crippen LogP contribution in [0.5, 0.6) is 11.5 Å². The maximum atomic E-state index is 13.6. The van der Waals surface area contributed by atoms with Crippen LogP contribution in [0.3, 0.4) is 0 Å². The van der Waals surface area contributed by atoms with Gasteiger partial charge in [0.15, 0.2) is 11.5 Å². The second-order valence-corrected chi connectivity index (χ2v) is 10.6. The van der Waals surface area contributed by atoms with Crippen LogP contribution < -0.4 is 15.0 Å². The minimum atomic E-state index is -1.07. The molecule has 224 valence electrons. The molecule has 13 heteroatoms. The van der Waals surface area contributed by atoms with Crippen LogP contribution in [0, 0.1) is 10.1 Å². The number of hydrogen-bond acceptors (Lipinski definition) is 9. The van der Waals surface area contributed by atoms with Gasteiger partial charge in [-0.15, -0.1) is 0 Å². The number of fused-ring (bicyclic) bond motifs is 2. The third-order valence-electron chi connectivity index (χ3n) is 6.83. The van der Waals surface area contributed by atoms with E-state index in [1.54, 1.807) is 48.5 Å². The first-order chi connectivity index (χ1) is 21.7. The molecule has 0 amide bonds. The van der Waals surface area contributed by atoms with E-state index < -0.39 is 22.1 Å². The molecule has 0 bridgehead atoms. The van der Waals surface area contributed by atoms with Gasteiger partial charge < -0.3 is 19.0 Å². The van der Waals surface area contributed by atoms with Gasteiger partial charge in [0, 0.05) is 21.5 Å². The number of nitro benzene ring substituents is 1.